The highest BCUT2D eigenvalue weighted by molar-refractivity contribution is 5.57. The summed E-state index contributed by atoms with van der Waals surface area (Å²) >= 11 is 0. The normalized spacial score (nSPS) is 22.8. The molecular weight excluding hydrogens is 242 g/mol. The second-order valence-corrected chi connectivity index (χ2v) is 5.35. The lowest BCUT2D eigenvalue weighted by atomic mass is 9.80. The number of anilines is 1. The van der Waals surface area contributed by atoms with Gasteiger partial charge in [-0.2, -0.15) is 0 Å². The molecule has 4 nitrogen and oxygen atoms in total. The third kappa shape index (κ3) is 2.30. The van der Waals surface area contributed by atoms with Crippen LogP contribution in [0.4, 0.5) is 5.69 Å². The monoisotopic (exact) mass is 263 g/mol. The zero-order chi connectivity index (χ0) is 13.3. The molecule has 1 aliphatic carbocycles. The molecular formula is C15H21NO3. The Kier molecular flexibility index (Phi) is 3.37. The van der Waals surface area contributed by atoms with E-state index in [1.54, 1.807) is 7.11 Å². The number of nitrogen functional groups attached to an aromatic ring is 1. The fourth-order valence-electron chi connectivity index (χ4n) is 3.28. The standard InChI is InChI=1S/C15H21NO3/c1-17-14-12(3-2-4-13(14)16)11-5-7-15(8-6-11)18-9-10-19-15/h2-4,11H,5-10,16H2,1H3. The van der Waals surface area contributed by atoms with Gasteiger partial charge in [0.25, 0.3) is 0 Å². The summed E-state index contributed by atoms with van der Waals surface area (Å²) in [5.41, 5.74) is 7.91. The third-order valence-corrected chi connectivity index (χ3v) is 4.28. The first kappa shape index (κ1) is 12.8. The summed E-state index contributed by atoms with van der Waals surface area (Å²) in [5, 5.41) is 0. The maximum Gasteiger partial charge on any atom is 0.168 e. The number of para-hydroxylation sites is 1. The molecule has 4 heteroatoms. The highest BCUT2D eigenvalue weighted by atomic mass is 16.7. The largest absolute Gasteiger partial charge is 0.494 e. The lowest BCUT2D eigenvalue weighted by molar-refractivity contribution is -0.178. The Morgan fingerprint density at radius 3 is 2.53 bits per heavy atom. The van der Waals surface area contributed by atoms with Crippen LogP contribution in [0.15, 0.2) is 18.2 Å². The first-order valence-electron chi connectivity index (χ1n) is 6.94. The van der Waals surface area contributed by atoms with Crippen LogP contribution in [-0.4, -0.2) is 26.1 Å². The highest BCUT2D eigenvalue weighted by Crippen LogP contribution is 2.45. The Morgan fingerprint density at radius 1 is 1.21 bits per heavy atom. The van der Waals surface area contributed by atoms with E-state index in [-0.39, 0.29) is 5.79 Å². The number of hydrogen-bond donors (Lipinski definition) is 1. The maximum atomic E-state index is 5.98. The fourth-order valence-corrected chi connectivity index (χ4v) is 3.28. The Bertz CT molecular complexity index is 445. The summed E-state index contributed by atoms with van der Waals surface area (Å²) in [4.78, 5) is 0. The average molecular weight is 263 g/mol. The van der Waals surface area contributed by atoms with E-state index in [9.17, 15) is 0 Å². The molecule has 2 aliphatic rings. The van der Waals surface area contributed by atoms with Crippen LogP contribution >= 0.6 is 0 Å². The van der Waals surface area contributed by atoms with Crippen molar-refractivity contribution >= 4 is 5.69 Å². The minimum atomic E-state index is -0.302. The molecule has 0 unspecified atom stereocenters. The molecule has 1 heterocycles. The Labute approximate surface area is 113 Å². The lowest BCUT2D eigenvalue weighted by Crippen LogP contribution is -2.34. The van der Waals surface area contributed by atoms with E-state index in [0.717, 1.165) is 44.6 Å². The number of hydrogen-bond acceptors (Lipinski definition) is 4. The maximum absolute atomic E-state index is 5.98. The van der Waals surface area contributed by atoms with E-state index in [0.29, 0.717) is 11.6 Å². The molecule has 19 heavy (non-hydrogen) atoms. The van der Waals surface area contributed by atoms with Gasteiger partial charge in [0, 0.05) is 12.8 Å². The highest BCUT2D eigenvalue weighted by Gasteiger charge is 2.41. The predicted octanol–water partition coefficient (Wildman–Crippen LogP) is 2.68. The van der Waals surface area contributed by atoms with Gasteiger partial charge in [-0.25, -0.2) is 0 Å². The topological polar surface area (TPSA) is 53.7 Å². The van der Waals surface area contributed by atoms with Crippen LogP contribution in [0.3, 0.4) is 0 Å². The van der Waals surface area contributed by atoms with E-state index in [1.165, 1.54) is 5.56 Å². The van der Waals surface area contributed by atoms with Crippen LogP contribution in [0.25, 0.3) is 0 Å². The molecule has 2 N–H and O–H groups in total. The van der Waals surface area contributed by atoms with Gasteiger partial charge in [-0.15, -0.1) is 0 Å². The van der Waals surface area contributed by atoms with Crippen molar-refractivity contribution < 1.29 is 14.2 Å². The lowest BCUT2D eigenvalue weighted by Gasteiger charge is -2.36. The summed E-state index contributed by atoms with van der Waals surface area (Å²) < 4.78 is 17.0. The van der Waals surface area contributed by atoms with Crippen molar-refractivity contribution in [2.75, 3.05) is 26.1 Å². The molecule has 1 aliphatic heterocycles. The Hall–Kier alpha value is -1.26. The fraction of sp³-hybridized carbons (Fsp3) is 0.600. The van der Waals surface area contributed by atoms with E-state index >= 15 is 0 Å². The van der Waals surface area contributed by atoms with Gasteiger partial charge in [0.2, 0.25) is 0 Å². The SMILES string of the molecule is COc1c(N)cccc1C1CCC2(CC1)OCCO2. The first-order chi connectivity index (χ1) is 9.24. The molecule has 0 atom stereocenters. The molecule has 1 aromatic rings. The zero-order valence-corrected chi connectivity index (χ0v) is 11.4. The molecule has 0 radical (unpaired) electrons. The average Bonchev–Trinajstić information content (AvgIpc) is 2.88. The van der Waals surface area contributed by atoms with Gasteiger partial charge >= 0.3 is 0 Å². The smallest absolute Gasteiger partial charge is 0.168 e. The van der Waals surface area contributed by atoms with Crippen LogP contribution in [0.1, 0.15) is 37.2 Å². The van der Waals surface area contributed by atoms with Gasteiger partial charge < -0.3 is 19.9 Å². The minimum Gasteiger partial charge on any atom is -0.494 e. The van der Waals surface area contributed by atoms with E-state index in [2.05, 4.69) is 6.07 Å². The summed E-state index contributed by atoms with van der Waals surface area (Å²) in [6.45, 7) is 1.46. The number of methoxy groups -OCH3 is 1. The first-order valence-corrected chi connectivity index (χ1v) is 6.94. The van der Waals surface area contributed by atoms with Crippen molar-refractivity contribution in [1.29, 1.82) is 0 Å². The molecule has 1 saturated carbocycles. The van der Waals surface area contributed by atoms with Crippen LogP contribution < -0.4 is 10.5 Å². The second-order valence-electron chi connectivity index (χ2n) is 5.35. The van der Waals surface area contributed by atoms with Gasteiger partial charge in [0.1, 0.15) is 5.75 Å². The summed E-state index contributed by atoms with van der Waals surface area (Å²) in [5.74, 6) is 1.01. The van der Waals surface area contributed by atoms with Crippen molar-refractivity contribution in [2.24, 2.45) is 0 Å². The quantitative estimate of drug-likeness (QED) is 0.833. The van der Waals surface area contributed by atoms with E-state index in [1.807, 2.05) is 12.1 Å². The van der Waals surface area contributed by atoms with E-state index < -0.39 is 0 Å². The molecule has 0 amide bonds. The van der Waals surface area contributed by atoms with Crippen LogP contribution in [0, 0.1) is 0 Å². The number of rotatable bonds is 2. The zero-order valence-electron chi connectivity index (χ0n) is 11.4. The molecule has 0 aromatic heterocycles. The Balaban J connectivity index is 1.76. The second kappa shape index (κ2) is 5.02. The van der Waals surface area contributed by atoms with Crippen LogP contribution in [0.5, 0.6) is 5.75 Å². The molecule has 2 fully saturated rings. The molecule has 3 rings (SSSR count). The molecule has 1 spiro atoms. The summed E-state index contributed by atoms with van der Waals surface area (Å²) in [6, 6.07) is 6.00. The minimum absolute atomic E-state index is 0.302. The van der Waals surface area contributed by atoms with Crippen molar-refractivity contribution in [3.8, 4) is 5.75 Å². The van der Waals surface area contributed by atoms with Crippen molar-refractivity contribution in [3.63, 3.8) is 0 Å². The molecule has 1 saturated heterocycles. The summed E-state index contributed by atoms with van der Waals surface area (Å²) in [7, 11) is 1.68. The van der Waals surface area contributed by atoms with Crippen molar-refractivity contribution in [2.45, 2.75) is 37.4 Å². The predicted molar refractivity (Wildman–Crippen MR) is 73.3 cm³/mol. The van der Waals surface area contributed by atoms with Crippen molar-refractivity contribution in [1.82, 2.24) is 0 Å². The van der Waals surface area contributed by atoms with Gasteiger partial charge in [0.05, 0.1) is 26.0 Å². The molecule has 0 bridgehead atoms. The molecule has 104 valence electrons. The van der Waals surface area contributed by atoms with Gasteiger partial charge in [-0.1, -0.05) is 12.1 Å². The van der Waals surface area contributed by atoms with E-state index in [4.69, 9.17) is 19.9 Å². The number of benzene rings is 1. The third-order valence-electron chi connectivity index (χ3n) is 4.28. The van der Waals surface area contributed by atoms with Crippen LogP contribution in [0.2, 0.25) is 0 Å². The van der Waals surface area contributed by atoms with Crippen LogP contribution in [-0.2, 0) is 9.47 Å². The number of nitrogens with two attached hydrogens (primary N) is 1. The van der Waals surface area contributed by atoms with Gasteiger partial charge in [-0.05, 0) is 30.4 Å². The molecule has 1 aromatic carbocycles. The van der Waals surface area contributed by atoms with Crippen molar-refractivity contribution in [3.05, 3.63) is 23.8 Å². The Morgan fingerprint density at radius 2 is 1.89 bits per heavy atom. The number of ether oxygens (including phenoxy) is 3. The van der Waals surface area contributed by atoms with Gasteiger partial charge in [-0.3, -0.25) is 0 Å². The van der Waals surface area contributed by atoms with Gasteiger partial charge in [0.15, 0.2) is 5.79 Å². The summed E-state index contributed by atoms with van der Waals surface area (Å²) in [6.07, 6.45) is 4.02.